The molecule has 0 amide bonds. The number of rotatable bonds is 39. The predicted molar refractivity (Wildman–Crippen MR) is 248 cm³/mol. The molecule has 1 saturated heterocycles. The third-order valence-corrected chi connectivity index (χ3v) is 10.6. The van der Waals surface area contributed by atoms with Gasteiger partial charge in [-0.3, -0.25) is 14.4 Å². The molecule has 6 atom stereocenters. The summed E-state index contributed by atoms with van der Waals surface area (Å²) in [6.07, 6.45) is 33.9. The Labute approximate surface area is 379 Å². The van der Waals surface area contributed by atoms with Crippen molar-refractivity contribution in [3.05, 3.63) is 60.8 Å². The highest BCUT2D eigenvalue weighted by Gasteiger charge is 2.50. The number of ether oxygens (including phenoxy) is 5. The molecular formula is C51H84O12. The standard InChI is InChI=1S/C51H84O12/c1-4-7-10-13-16-19-21-22-24-27-30-33-36-39-45(54)62-49-47(56)46(55)48(50(57)58)63-51(49)60-41-42(61-44(53)38-35-32-29-25-18-15-12-9-6-3)40-59-43(52)37-34-31-28-26-23-20-17-14-11-8-5-2/h7,10,14,16-17,19,22,24,30,33,42,46-49,51,55-56H,4-6,8-9,11-13,15,18,20-21,23,25-29,31-32,34-41H2,1-3H3,(H,57,58)/b10-7-,17-14-,19-16-,24-22-,33-30-. The van der Waals surface area contributed by atoms with E-state index in [-0.39, 0.29) is 25.9 Å². The normalized spacial score (nSPS) is 19.8. The summed E-state index contributed by atoms with van der Waals surface area (Å²) in [5.41, 5.74) is 0. The smallest absolute Gasteiger partial charge is 0.335 e. The number of carbonyl (C=O) groups excluding carboxylic acids is 3. The van der Waals surface area contributed by atoms with Gasteiger partial charge in [0.2, 0.25) is 0 Å². The molecule has 0 radical (unpaired) electrons. The van der Waals surface area contributed by atoms with Gasteiger partial charge in [0.1, 0.15) is 18.8 Å². The number of aliphatic hydroxyl groups excluding tert-OH is 2. The molecular weight excluding hydrogens is 805 g/mol. The van der Waals surface area contributed by atoms with Crippen LogP contribution < -0.4 is 0 Å². The minimum Gasteiger partial charge on any atom is -0.479 e. The maximum absolute atomic E-state index is 13.0. The zero-order chi connectivity index (χ0) is 46.2. The van der Waals surface area contributed by atoms with Crippen LogP contribution in [0.2, 0.25) is 0 Å². The third-order valence-electron chi connectivity index (χ3n) is 10.6. The quantitative estimate of drug-likeness (QED) is 0.0231. The average molecular weight is 889 g/mol. The number of esters is 3. The Kier molecular flexibility index (Phi) is 36.4. The Morgan fingerprint density at radius 1 is 0.540 bits per heavy atom. The second-order valence-corrected chi connectivity index (χ2v) is 16.4. The summed E-state index contributed by atoms with van der Waals surface area (Å²) in [5.74, 6) is -3.24. The number of aliphatic carboxylic acids is 1. The first-order valence-electron chi connectivity index (χ1n) is 24.3. The lowest BCUT2D eigenvalue weighted by molar-refractivity contribution is -0.301. The van der Waals surface area contributed by atoms with Gasteiger partial charge in [0, 0.05) is 19.3 Å². The van der Waals surface area contributed by atoms with Crippen LogP contribution in [0.3, 0.4) is 0 Å². The minimum atomic E-state index is -1.92. The van der Waals surface area contributed by atoms with Crippen molar-refractivity contribution in [1.29, 1.82) is 0 Å². The summed E-state index contributed by atoms with van der Waals surface area (Å²) in [6.45, 7) is 5.72. The molecule has 0 aromatic carbocycles. The molecule has 360 valence electrons. The number of aliphatic hydroxyl groups is 2. The second kappa shape index (κ2) is 40.0. The van der Waals surface area contributed by atoms with E-state index >= 15 is 0 Å². The number of carboxylic acid groups (broad SMARTS) is 1. The molecule has 0 aromatic heterocycles. The van der Waals surface area contributed by atoms with Crippen LogP contribution in [0.15, 0.2) is 60.8 Å². The van der Waals surface area contributed by atoms with Gasteiger partial charge in [-0.2, -0.15) is 0 Å². The zero-order valence-corrected chi connectivity index (χ0v) is 39.1. The third kappa shape index (κ3) is 31.0. The fraction of sp³-hybridized carbons (Fsp3) is 0.725. The van der Waals surface area contributed by atoms with Crippen LogP contribution in [0, 0.1) is 0 Å². The van der Waals surface area contributed by atoms with E-state index in [4.69, 9.17) is 23.7 Å². The number of hydrogen-bond acceptors (Lipinski definition) is 11. The van der Waals surface area contributed by atoms with Gasteiger partial charge >= 0.3 is 23.9 Å². The molecule has 0 saturated carbocycles. The summed E-state index contributed by atoms with van der Waals surface area (Å²) >= 11 is 0. The van der Waals surface area contributed by atoms with Crippen LogP contribution in [0.1, 0.15) is 188 Å². The van der Waals surface area contributed by atoms with Crippen LogP contribution in [0.25, 0.3) is 0 Å². The molecule has 1 rings (SSSR count). The molecule has 1 fully saturated rings. The number of allylic oxidation sites excluding steroid dienone is 10. The van der Waals surface area contributed by atoms with Gasteiger partial charge in [0.05, 0.1) is 6.61 Å². The molecule has 0 aliphatic carbocycles. The van der Waals surface area contributed by atoms with E-state index in [0.29, 0.717) is 25.7 Å². The SMILES string of the molecule is CC/C=C\C/C=C\C/C=C\C/C=C\CCC(=O)OC1C(OCC(COC(=O)CCCCCCC/C=C\CCCC)OC(=O)CCCCCCCCCCC)OC(C(=O)O)C(O)C1O. The lowest BCUT2D eigenvalue weighted by atomic mass is 9.98. The van der Waals surface area contributed by atoms with E-state index in [1.54, 1.807) is 0 Å². The van der Waals surface area contributed by atoms with Gasteiger partial charge in [-0.1, -0.05) is 165 Å². The first-order chi connectivity index (χ1) is 30.6. The van der Waals surface area contributed by atoms with Crippen LogP contribution in [0.5, 0.6) is 0 Å². The van der Waals surface area contributed by atoms with Crippen molar-refractivity contribution in [2.24, 2.45) is 0 Å². The van der Waals surface area contributed by atoms with Gasteiger partial charge in [-0.05, 0) is 64.2 Å². The fourth-order valence-corrected chi connectivity index (χ4v) is 6.83. The Morgan fingerprint density at radius 2 is 1.05 bits per heavy atom. The first kappa shape index (κ1) is 57.4. The lowest BCUT2D eigenvalue weighted by Crippen LogP contribution is -2.61. The molecule has 1 heterocycles. The predicted octanol–water partition coefficient (Wildman–Crippen LogP) is 10.9. The van der Waals surface area contributed by atoms with E-state index in [9.17, 15) is 34.5 Å². The summed E-state index contributed by atoms with van der Waals surface area (Å²) in [4.78, 5) is 50.5. The molecule has 0 spiro atoms. The average Bonchev–Trinajstić information content (AvgIpc) is 3.26. The summed E-state index contributed by atoms with van der Waals surface area (Å²) in [5, 5.41) is 31.2. The molecule has 3 N–H and O–H groups in total. The van der Waals surface area contributed by atoms with Gasteiger partial charge in [0.25, 0.3) is 0 Å². The Bertz CT molecular complexity index is 1340. The Hall–Kier alpha value is -3.58. The number of carboxylic acids is 1. The van der Waals surface area contributed by atoms with Crippen LogP contribution in [-0.2, 0) is 42.9 Å². The minimum absolute atomic E-state index is 0.0614. The highest BCUT2D eigenvalue weighted by molar-refractivity contribution is 5.74. The summed E-state index contributed by atoms with van der Waals surface area (Å²) in [7, 11) is 0. The van der Waals surface area contributed by atoms with Crippen LogP contribution >= 0.6 is 0 Å². The van der Waals surface area contributed by atoms with Crippen LogP contribution in [0.4, 0.5) is 0 Å². The molecule has 12 nitrogen and oxygen atoms in total. The van der Waals surface area contributed by atoms with Crippen molar-refractivity contribution >= 4 is 23.9 Å². The zero-order valence-electron chi connectivity index (χ0n) is 39.1. The van der Waals surface area contributed by atoms with E-state index < -0.39 is 67.3 Å². The molecule has 63 heavy (non-hydrogen) atoms. The van der Waals surface area contributed by atoms with Crippen molar-refractivity contribution in [2.45, 2.75) is 225 Å². The summed E-state index contributed by atoms with van der Waals surface area (Å²) < 4.78 is 28.1. The van der Waals surface area contributed by atoms with Crippen molar-refractivity contribution in [3.63, 3.8) is 0 Å². The van der Waals surface area contributed by atoms with E-state index in [1.807, 2.05) is 18.2 Å². The first-order valence-corrected chi connectivity index (χ1v) is 24.3. The van der Waals surface area contributed by atoms with E-state index in [1.165, 1.54) is 44.9 Å². The van der Waals surface area contributed by atoms with Gasteiger partial charge < -0.3 is 39.0 Å². The Balaban J connectivity index is 2.80. The van der Waals surface area contributed by atoms with Gasteiger partial charge in [0.15, 0.2) is 24.6 Å². The molecule has 0 aromatic rings. The molecule has 1 aliphatic rings. The largest absolute Gasteiger partial charge is 0.479 e. The van der Waals surface area contributed by atoms with Gasteiger partial charge in [-0.25, -0.2) is 4.79 Å². The number of carbonyl (C=O) groups is 4. The maximum Gasteiger partial charge on any atom is 0.335 e. The second-order valence-electron chi connectivity index (χ2n) is 16.4. The topological polar surface area (TPSA) is 175 Å². The summed E-state index contributed by atoms with van der Waals surface area (Å²) in [6, 6.07) is 0. The molecule has 12 heteroatoms. The molecule has 6 unspecified atom stereocenters. The van der Waals surface area contributed by atoms with E-state index in [0.717, 1.165) is 77.0 Å². The van der Waals surface area contributed by atoms with Crippen molar-refractivity contribution in [2.75, 3.05) is 13.2 Å². The van der Waals surface area contributed by atoms with Crippen molar-refractivity contribution in [3.8, 4) is 0 Å². The maximum atomic E-state index is 13.0. The van der Waals surface area contributed by atoms with Gasteiger partial charge in [-0.15, -0.1) is 0 Å². The lowest BCUT2D eigenvalue weighted by Gasteiger charge is -2.40. The highest BCUT2D eigenvalue weighted by Crippen LogP contribution is 2.26. The monoisotopic (exact) mass is 889 g/mol. The van der Waals surface area contributed by atoms with Crippen molar-refractivity contribution in [1.82, 2.24) is 0 Å². The molecule has 1 aliphatic heterocycles. The van der Waals surface area contributed by atoms with Crippen molar-refractivity contribution < 1.29 is 58.2 Å². The Morgan fingerprint density at radius 3 is 1.63 bits per heavy atom. The molecule has 0 bridgehead atoms. The van der Waals surface area contributed by atoms with Crippen LogP contribution in [-0.4, -0.2) is 89.2 Å². The van der Waals surface area contributed by atoms with E-state index in [2.05, 4.69) is 63.3 Å². The highest BCUT2D eigenvalue weighted by atomic mass is 16.7. The fourth-order valence-electron chi connectivity index (χ4n) is 6.83. The number of hydrogen-bond donors (Lipinski definition) is 3. The number of unbranched alkanes of at least 4 members (excludes halogenated alkanes) is 15.